The van der Waals surface area contributed by atoms with Gasteiger partial charge in [-0.15, -0.1) is 0 Å². The number of thiazole rings is 1. The molecule has 210 valence electrons. The van der Waals surface area contributed by atoms with Crippen LogP contribution in [0.1, 0.15) is 44.9 Å². The summed E-state index contributed by atoms with van der Waals surface area (Å²) in [6, 6.07) is 11.8. The van der Waals surface area contributed by atoms with Crippen molar-refractivity contribution in [2.45, 2.75) is 33.7 Å². The number of carbonyl (C=O) groups is 2. The second-order valence-electron chi connectivity index (χ2n) is 8.58. The highest BCUT2D eigenvalue weighted by Gasteiger charge is 2.33. The number of halogens is 1. The first-order valence-electron chi connectivity index (χ1n) is 12.8. The summed E-state index contributed by atoms with van der Waals surface area (Å²) in [5, 5.41) is 0. The van der Waals surface area contributed by atoms with Gasteiger partial charge in [-0.3, -0.25) is 9.36 Å². The second kappa shape index (κ2) is 13.1. The maximum atomic E-state index is 13.9. The lowest BCUT2D eigenvalue weighted by Gasteiger charge is -2.24. The van der Waals surface area contributed by atoms with E-state index in [0.29, 0.717) is 44.3 Å². The number of carbonyl (C=O) groups excluding carboxylic acids is 2. The summed E-state index contributed by atoms with van der Waals surface area (Å²) in [5.41, 5.74) is 1.75. The number of ether oxygens (including phenoxy) is 4. The molecule has 0 N–H and O–H groups in total. The third-order valence-corrected chi connectivity index (χ3v) is 7.41. The van der Waals surface area contributed by atoms with Gasteiger partial charge in [0, 0.05) is 10.0 Å². The van der Waals surface area contributed by atoms with E-state index in [4.69, 9.17) is 18.9 Å². The van der Waals surface area contributed by atoms with Crippen molar-refractivity contribution in [1.29, 1.82) is 0 Å². The van der Waals surface area contributed by atoms with E-state index in [-0.39, 0.29) is 25.4 Å². The third kappa shape index (κ3) is 6.37. The number of rotatable bonds is 10. The van der Waals surface area contributed by atoms with Gasteiger partial charge < -0.3 is 18.9 Å². The molecule has 0 amide bonds. The molecule has 2 heterocycles. The van der Waals surface area contributed by atoms with Gasteiger partial charge in [0.15, 0.2) is 11.4 Å². The minimum Gasteiger partial charge on any atom is -0.494 e. The zero-order chi connectivity index (χ0) is 28.8. The highest BCUT2D eigenvalue weighted by molar-refractivity contribution is 9.10. The molecule has 4 rings (SSSR count). The first-order valence-corrected chi connectivity index (χ1v) is 14.4. The van der Waals surface area contributed by atoms with Crippen molar-refractivity contribution in [1.82, 2.24) is 4.57 Å². The van der Waals surface area contributed by atoms with Gasteiger partial charge in [0.2, 0.25) is 0 Å². The van der Waals surface area contributed by atoms with Crippen LogP contribution in [0.2, 0.25) is 0 Å². The van der Waals surface area contributed by atoms with E-state index >= 15 is 0 Å². The van der Waals surface area contributed by atoms with Crippen LogP contribution in [0.4, 0.5) is 0 Å². The molecule has 0 spiro atoms. The van der Waals surface area contributed by atoms with Crippen LogP contribution in [0.5, 0.6) is 11.5 Å². The van der Waals surface area contributed by atoms with Crippen LogP contribution in [0.25, 0.3) is 6.08 Å². The van der Waals surface area contributed by atoms with Crippen molar-refractivity contribution in [2.75, 3.05) is 26.4 Å². The van der Waals surface area contributed by atoms with Gasteiger partial charge in [-0.2, -0.15) is 0 Å². The van der Waals surface area contributed by atoms with Gasteiger partial charge in [-0.25, -0.2) is 14.6 Å². The molecule has 0 fully saturated rings. The largest absolute Gasteiger partial charge is 0.494 e. The van der Waals surface area contributed by atoms with Gasteiger partial charge in [-0.1, -0.05) is 39.4 Å². The van der Waals surface area contributed by atoms with Gasteiger partial charge in [-0.05, 0) is 69.7 Å². The molecule has 0 unspecified atom stereocenters. The van der Waals surface area contributed by atoms with Gasteiger partial charge in [0.25, 0.3) is 5.56 Å². The lowest BCUT2D eigenvalue weighted by atomic mass is 9.96. The van der Waals surface area contributed by atoms with Crippen LogP contribution in [0.3, 0.4) is 0 Å². The minimum absolute atomic E-state index is 0.188. The summed E-state index contributed by atoms with van der Waals surface area (Å²) >= 11 is 4.66. The fourth-order valence-electron chi connectivity index (χ4n) is 4.26. The molecule has 1 aliphatic rings. The number of hydrogen-bond donors (Lipinski definition) is 0. The predicted molar refractivity (Wildman–Crippen MR) is 154 cm³/mol. The fourth-order valence-corrected chi connectivity index (χ4v) is 5.68. The van der Waals surface area contributed by atoms with E-state index in [9.17, 15) is 14.4 Å². The summed E-state index contributed by atoms with van der Waals surface area (Å²) in [6.45, 7) is 7.77. The monoisotopic (exact) mass is 628 g/mol. The Balaban J connectivity index is 1.85. The predicted octanol–water partition coefficient (Wildman–Crippen LogP) is 3.90. The summed E-state index contributed by atoms with van der Waals surface area (Å²) < 4.78 is 24.2. The van der Waals surface area contributed by atoms with Crippen molar-refractivity contribution in [2.24, 2.45) is 4.99 Å². The van der Waals surface area contributed by atoms with Crippen molar-refractivity contribution in [3.8, 4) is 11.5 Å². The second-order valence-corrected chi connectivity index (χ2v) is 10.5. The van der Waals surface area contributed by atoms with Crippen LogP contribution >= 0.6 is 27.3 Å². The Labute approximate surface area is 243 Å². The Bertz CT molecular complexity index is 1620. The molecule has 0 aliphatic carbocycles. The molecule has 0 saturated carbocycles. The van der Waals surface area contributed by atoms with E-state index in [0.717, 1.165) is 10.0 Å². The highest BCUT2D eigenvalue weighted by atomic mass is 79.9. The Hall–Kier alpha value is -3.70. The Morgan fingerprint density at radius 1 is 1.02 bits per heavy atom. The first kappa shape index (κ1) is 29.3. The standard InChI is InChI=1S/C29H29BrN2O7S/c1-5-36-21-11-8-18(9-12-21)26-25(28(35)38-7-3)17(4)31-29-32(26)27(34)23(40-29)15-19-14-20(30)10-13-22(19)39-16-24(33)37-6-2/h8-15,26H,5-7,16H2,1-4H3/b23-15-/t26-/m0/s1. The van der Waals surface area contributed by atoms with Crippen LogP contribution in [0, 0.1) is 0 Å². The lowest BCUT2D eigenvalue weighted by molar-refractivity contribution is -0.145. The lowest BCUT2D eigenvalue weighted by Crippen LogP contribution is -2.39. The van der Waals surface area contributed by atoms with Gasteiger partial charge in [0.05, 0.1) is 41.7 Å². The zero-order valence-corrected chi connectivity index (χ0v) is 25.0. The number of allylic oxidation sites excluding steroid dienone is 1. The zero-order valence-electron chi connectivity index (χ0n) is 22.6. The third-order valence-electron chi connectivity index (χ3n) is 5.93. The number of fused-ring (bicyclic) bond motifs is 1. The maximum Gasteiger partial charge on any atom is 0.344 e. The number of benzene rings is 2. The van der Waals surface area contributed by atoms with Crippen molar-refractivity contribution in [3.63, 3.8) is 0 Å². The van der Waals surface area contributed by atoms with Crippen LogP contribution in [0.15, 0.2) is 68.0 Å². The average Bonchev–Trinajstić information content (AvgIpc) is 3.22. The topological polar surface area (TPSA) is 105 Å². The van der Waals surface area contributed by atoms with Gasteiger partial charge in [0.1, 0.15) is 11.5 Å². The molecular weight excluding hydrogens is 600 g/mol. The fraction of sp³-hybridized carbons (Fsp3) is 0.310. The summed E-state index contributed by atoms with van der Waals surface area (Å²) in [6.07, 6.45) is 1.69. The molecule has 0 saturated heterocycles. The molecule has 0 radical (unpaired) electrons. The van der Waals surface area contributed by atoms with Crippen LogP contribution in [-0.2, 0) is 19.1 Å². The van der Waals surface area contributed by atoms with Crippen molar-refractivity contribution < 1.29 is 28.5 Å². The molecule has 1 aromatic heterocycles. The molecule has 3 aromatic rings. The molecule has 40 heavy (non-hydrogen) atoms. The Morgan fingerprint density at radius 2 is 1.75 bits per heavy atom. The van der Waals surface area contributed by atoms with E-state index in [1.165, 1.54) is 15.9 Å². The van der Waals surface area contributed by atoms with E-state index in [2.05, 4.69) is 20.9 Å². The van der Waals surface area contributed by atoms with Crippen molar-refractivity contribution in [3.05, 3.63) is 89.0 Å². The summed E-state index contributed by atoms with van der Waals surface area (Å²) in [5.74, 6) is 0.0715. The SMILES string of the molecule is CCOC(=O)COc1ccc(Br)cc1/C=c1\sc2n(c1=O)[C@@H](c1ccc(OCC)cc1)C(C(=O)OCC)=C(C)N=2. The van der Waals surface area contributed by atoms with Crippen molar-refractivity contribution >= 4 is 45.3 Å². The molecule has 2 aromatic carbocycles. The van der Waals surface area contributed by atoms with E-state index in [1.54, 1.807) is 45.0 Å². The Morgan fingerprint density at radius 3 is 2.42 bits per heavy atom. The van der Waals surface area contributed by atoms with Crippen LogP contribution < -0.4 is 24.4 Å². The highest BCUT2D eigenvalue weighted by Crippen LogP contribution is 2.32. The molecule has 1 aliphatic heterocycles. The minimum atomic E-state index is -0.741. The smallest absolute Gasteiger partial charge is 0.344 e. The van der Waals surface area contributed by atoms with E-state index in [1.807, 2.05) is 31.2 Å². The number of nitrogens with zero attached hydrogens (tertiary/aromatic N) is 2. The number of aromatic nitrogens is 1. The average molecular weight is 630 g/mol. The normalized spacial score (nSPS) is 14.8. The summed E-state index contributed by atoms with van der Waals surface area (Å²) in [7, 11) is 0. The molecule has 11 heteroatoms. The number of esters is 2. The first-order chi connectivity index (χ1) is 19.3. The molecular formula is C29H29BrN2O7S. The number of hydrogen-bond acceptors (Lipinski definition) is 9. The van der Waals surface area contributed by atoms with Crippen LogP contribution in [-0.4, -0.2) is 42.9 Å². The summed E-state index contributed by atoms with van der Waals surface area (Å²) in [4.78, 5) is 43.9. The molecule has 1 atom stereocenters. The molecule has 9 nitrogen and oxygen atoms in total. The maximum absolute atomic E-state index is 13.9. The van der Waals surface area contributed by atoms with Gasteiger partial charge >= 0.3 is 11.9 Å². The quantitative estimate of drug-likeness (QED) is 0.314. The molecule has 0 bridgehead atoms. The Kier molecular flexibility index (Phi) is 9.59. The van der Waals surface area contributed by atoms with E-state index < -0.39 is 18.0 Å².